The SMILES string of the molecule is COc1ccc(CC2CC(C(=O)NCC3=Cc4nnn(C)c4CC3)N(C(=O)C(N)CCC(=O)N3CCCC3C(C)C)C2)cc1. The number of fused-ring (bicyclic) bond motifs is 1. The second-order valence-corrected chi connectivity index (χ2v) is 12.9. The highest BCUT2D eigenvalue weighted by Crippen LogP contribution is 2.29. The standard InChI is InChI=1S/C33H47N7O4/c1-21(2)28-6-5-15-39(28)31(41)14-12-26(34)33(43)40-20-24(16-22-7-10-25(44-4)11-8-22)18-30(40)32(42)35-19-23-9-13-29-27(17-23)36-37-38(29)3/h7-8,10-11,17,21,24,26,28,30H,5-6,9,12-16,18-20,34H2,1-4H3,(H,35,42). The molecule has 11 heteroatoms. The van der Waals surface area contributed by atoms with Gasteiger partial charge in [-0.1, -0.05) is 31.2 Å². The maximum absolute atomic E-state index is 13.7. The van der Waals surface area contributed by atoms with E-state index in [1.807, 2.05) is 42.3 Å². The van der Waals surface area contributed by atoms with Crippen molar-refractivity contribution in [3.8, 4) is 5.75 Å². The quantitative estimate of drug-likeness (QED) is 0.402. The number of methoxy groups -OCH3 is 1. The van der Waals surface area contributed by atoms with E-state index in [0.29, 0.717) is 25.4 Å². The summed E-state index contributed by atoms with van der Waals surface area (Å²) in [5, 5.41) is 11.4. The van der Waals surface area contributed by atoms with Gasteiger partial charge in [0.25, 0.3) is 0 Å². The molecule has 0 bridgehead atoms. The normalized spacial score (nSPS) is 22.1. The molecule has 3 aliphatic rings. The zero-order valence-electron chi connectivity index (χ0n) is 26.5. The van der Waals surface area contributed by atoms with Gasteiger partial charge in [0.15, 0.2) is 0 Å². The van der Waals surface area contributed by atoms with E-state index < -0.39 is 12.1 Å². The maximum Gasteiger partial charge on any atom is 0.243 e. The van der Waals surface area contributed by atoms with Gasteiger partial charge in [-0.2, -0.15) is 0 Å². The third-order valence-electron chi connectivity index (χ3n) is 9.52. The van der Waals surface area contributed by atoms with Gasteiger partial charge in [0, 0.05) is 39.1 Å². The lowest BCUT2D eigenvalue weighted by molar-refractivity contribution is -0.140. The van der Waals surface area contributed by atoms with E-state index in [2.05, 4.69) is 29.5 Å². The molecule has 4 atom stereocenters. The van der Waals surface area contributed by atoms with Crippen molar-refractivity contribution >= 4 is 23.8 Å². The van der Waals surface area contributed by atoms with E-state index in [1.54, 1.807) is 16.7 Å². The molecule has 11 nitrogen and oxygen atoms in total. The number of nitrogens with one attached hydrogen (secondary N) is 1. The first-order valence-electron chi connectivity index (χ1n) is 16.0. The zero-order valence-corrected chi connectivity index (χ0v) is 26.5. The smallest absolute Gasteiger partial charge is 0.243 e. The first-order chi connectivity index (χ1) is 21.1. The number of hydrogen-bond acceptors (Lipinski definition) is 7. The van der Waals surface area contributed by atoms with Gasteiger partial charge in [0.2, 0.25) is 17.7 Å². The molecule has 1 aromatic carbocycles. The number of ether oxygens (including phenoxy) is 1. The monoisotopic (exact) mass is 605 g/mol. The topological polar surface area (TPSA) is 136 Å². The van der Waals surface area contributed by atoms with E-state index in [-0.39, 0.29) is 42.5 Å². The van der Waals surface area contributed by atoms with Crippen molar-refractivity contribution in [2.45, 2.75) is 83.3 Å². The van der Waals surface area contributed by atoms with Crippen molar-refractivity contribution in [3.05, 3.63) is 46.8 Å². The van der Waals surface area contributed by atoms with E-state index in [0.717, 1.165) is 66.9 Å². The van der Waals surface area contributed by atoms with Crippen LogP contribution >= 0.6 is 0 Å². The minimum Gasteiger partial charge on any atom is -0.497 e. The number of aryl methyl sites for hydroxylation is 1. The van der Waals surface area contributed by atoms with Gasteiger partial charge in [-0.05, 0) is 86.1 Å². The second-order valence-electron chi connectivity index (χ2n) is 12.9. The summed E-state index contributed by atoms with van der Waals surface area (Å²) in [5.74, 6) is 0.901. The molecule has 2 saturated heterocycles. The van der Waals surface area contributed by atoms with Crippen LogP contribution in [0.4, 0.5) is 0 Å². The Morgan fingerprint density at radius 1 is 1.14 bits per heavy atom. The Hall–Kier alpha value is -3.73. The van der Waals surface area contributed by atoms with Crippen LogP contribution in [0.5, 0.6) is 5.75 Å². The van der Waals surface area contributed by atoms with Crippen molar-refractivity contribution < 1.29 is 19.1 Å². The molecular formula is C33H47N7O4. The predicted molar refractivity (Wildman–Crippen MR) is 167 cm³/mol. The van der Waals surface area contributed by atoms with Gasteiger partial charge in [-0.3, -0.25) is 19.1 Å². The number of likely N-dealkylation sites (tertiary alicyclic amines) is 2. The number of carbonyl (C=O) groups excluding carboxylic acids is 3. The number of rotatable bonds is 11. The van der Waals surface area contributed by atoms with Gasteiger partial charge in [-0.25, -0.2) is 0 Å². The van der Waals surface area contributed by atoms with Gasteiger partial charge in [0.1, 0.15) is 17.5 Å². The molecule has 2 fully saturated rings. The molecule has 2 aromatic rings. The van der Waals surface area contributed by atoms with Crippen LogP contribution in [0.15, 0.2) is 29.8 Å². The van der Waals surface area contributed by atoms with Gasteiger partial charge >= 0.3 is 0 Å². The highest BCUT2D eigenvalue weighted by atomic mass is 16.5. The molecule has 238 valence electrons. The number of amides is 3. The zero-order chi connectivity index (χ0) is 31.4. The molecule has 2 aliphatic heterocycles. The molecule has 3 N–H and O–H groups in total. The fraction of sp³-hybridized carbons (Fsp3) is 0.606. The highest BCUT2D eigenvalue weighted by molar-refractivity contribution is 5.91. The van der Waals surface area contributed by atoms with Crippen molar-refractivity contribution in [2.75, 3.05) is 26.7 Å². The van der Waals surface area contributed by atoms with Crippen LogP contribution in [0, 0.1) is 11.8 Å². The van der Waals surface area contributed by atoms with E-state index in [9.17, 15) is 14.4 Å². The predicted octanol–water partition coefficient (Wildman–Crippen LogP) is 2.48. The third-order valence-corrected chi connectivity index (χ3v) is 9.52. The lowest BCUT2D eigenvalue weighted by Crippen LogP contribution is -2.51. The Labute approximate surface area is 260 Å². The van der Waals surface area contributed by atoms with E-state index in [1.165, 1.54) is 0 Å². The summed E-state index contributed by atoms with van der Waals surface area (Å²) in [6.07, 6.45) is 7.44. The molecule has 5 rings (SSSR count). The molecule has 44 heavy (non-hydrogen) atoms. The fourth-order valence-corrected chi connectivity index (χ4v) is 7.01. The largest absolute Gasteiger partial charge is 0.497 e. The highest BCUT2D eigenvalue weighted by Gasteiger charge is 2.41. The molecule has 1 aliphatic carbocycles. The Bertz CT molecular complexity index is 1370. The Kier molecular flexibility index (Phi) is 10.0. The van der Waals surface area contributed by atoms with Gasteiger partial charge in [-0.15, -0.1) is 5.10 Å². The summed E-state index contributed by atoms with van der Waals surface area (Å²) in [6.45, 7) is 5.89. The van der Waals surface area contributed by atoms with Crippen molar-refractivity contribution in [1.29, 1.82) is 0 Å². The summed E-state index contributed by atoms with van der Waals surface area (Å²) < 4.78 is 7.08. The summed E-state index contributed by atoms with van der Waals surface area (Å²) in [5.41, 5.74) is 10.6. The summed E-state index contributed by atoms with van der Waals surface area (Å²) >= 11 is 0. The number of nitrogens with zero attached hydrogens (tertiary/aromatic N) is 5. The lowest BCUT2D eigenvalue weighted by atomic mass is 9.96. The minimum absolute atomic E-state index is 0.0598. The lowest BCUT2D eigenvalue weighted by Gasteiger charge is -2.29. The molecular weight excluding hydrogens is 558 g/mol. The van der Waals surface area contributed by atoms with E-state index >= 15 is 0 Å². The van der Waals surface area contributed by atoms with Crippen LogP contribution in [0.25, 0.3) is 6.08 Å². The van der Waals surface area contributed by atoms with Crippen LogP contribution in [-0.2, 0) is 34.3 Å². The van der Waals surface area contributed by atoms with Gasteiger partial charge < -0.3 is 25.6 Å². The fourth-order valence-electron chi connectivity index (χ4n) is 7.01. The van der Waals surface area contributed by atoms with Crippen LogP contribution < -0.4 is 15.8 Å². The maximum atomic E-state index is 13.7. The van der Waals surface area contributed by atoms with Gasteiger partial charge in [0.05, 0.1) is 18.8 Å². The van der Waals surface area contributed by atoms with Crippen molar-refractivity contribution in [3.63, 3.8) is 0 Å². The molecule has 0 saturated carbocycles. The average molecular weight is 606 g/mol. The summed E-state index contributed by atoms with van der Waals surface area (Å²) in [6, 6.07) is 6.69. The van der Waals surface area contributed by atoms with Crippen LogP contribution in [0.2, 0.25) is 0 Å². The number of benzene rings is 1. The molecule has 3 heterocycles. The Balaban J connectivity index is 1.23. The van der Waals surface area contributed by atoms with E-state index in [4.69, 9.17) is 10.5 Å². The first-order valence-corrected chi connectivity index (χ1v) is 16.0. The number of nitrogens with two attached hydrogens (primary N) is 1. The number of aromatic nitrogens is 3. The first kappa shape index (κ1) is 31.7. The summed E-state index contributed by atoms with van der Waals surface area (Å²) in [7, 11) is 3.52. The van der Waals surface area contributed by atoms with Crippen LogP contribution in [0.3, 0.4) is 0 Å². The molecule has 1 aromatic heterocycles. The Morgan fingerprint density at radius 3 is 2.64 bits per heavy atom. The van der Waals surface area contributed by atoms with Crippen molar-refractivity contribution in [1.82, 2.24) is 30.1 Å². The molecule has 3 amide bonds. The van der Waals surface area contributed by atoms with Crippen LogP contribution in [-0.4, -0.2) is 87.4 Å². The molecule has 0 radical (unpaired) electrons. The average Bonchev–Trinajstić information content (AvgIpc) is 3.77. The second kappa shape index (κ2) is 13.9. The number of carbonyl (C=O) groups is 3. The molecule has 0 spiro atoms. The van der Waals surface area contributed by atoms with Crippen molar-refractivity contribution in [2.24, 2.45) is 24.6 Å². The minimum atomic E-state index is -0.842. The number of hydrogen-bond donors (Lipinski definition) is 2. The summed E-state index contributed by atoms with van der Waals surface area (Å²) in [4.78, 5) is 44.0. The third kappa shape index (κ3) is 7.14. The molecule has 4 unspecified atom stereocenters. The Morgan fingerprint density at radius 2 is 1.91 bits per heavy atom. The van der Waals surface area contributed by atoms with Crippen LogP contribution in [0.1, 0.15) is 69.3 Å².